The fraction of sp³-hybridized carbons (Fsp3) is 0.214. The molecule has 0 spiro atoms. The molecule has 3 N–H and O–H groups in total. The van der Waals surface area contributed by atoms with Crippen molar-refractivity contribution in [2.45, 2.75) is 0 Å². The van der Waals surface area contributed by atoms with Gasteiger partial charge in [0.25, 0.3) is 5.91 Å². The number of anilines is 3. The maximum Gasteiger partial charge on any atom is 0.258 e. The predicted octanol–water partition coefficient (Wildman–Crippen LogP) is 5.77. The van der Waals surface area contributed by atoms with Gasteiger partial charge in [-0.25, -0.2) is 0 Å². The van der Waals surface area contributed by atoms with E-state index in [-0.39, 0.29) is 28.4 Å². The number of amides is 2. The molecule has 10 heteroatoms. The molecule has 2 amide bonds. The summed E-state index contributed by atoms with van der Waals surface area (Å²) >= 11 is 19.3. The standard InChI is InChI=1S/C28H26Cl3N5O2/c1-35-9-11-36(12-10-35)16-24(37)34-27-21(30)14-19(15-22(27)31)32-26(17-5-3-2-4-6-17)25-20-8-7-18(29)13-23(20)33-28(25)38/h2-8,13-15,32H,9-12,16H2,1H3,(H,33,38)(H,34,37)/b26-25-. The number of carbonyl (C=O) groups excluding carboxylic acids is 2. The van der Waals surface area contributed by atoms with Gasteiger partial charge in [-0.15, -0.1) is 0 Å². The number of benzene rings is 3. The first-order chi connectivity index (χ1) is 18.3. The molecule has 5 rings (SSSR count). The van der Waals surface area contributed by atoms with E-state index in [1.807, 2.05) is 36.4 Å². The molecule has 3 aromatic rings. The Morgan fingerprint density at radius 2 is 1.61 bits per heavy atom. The van der Waals surface area contributed by atoms with E-state index in [9.17, 15) is 9.59 Å². The highest BCUT2D eigenvalue weighted by Gasteiger charge is 2.29. The Bertz CT molecular complexity index is 1400. The van der Waals surface area contributed by atoms with Crippen LogP contribution in [0.3, 0.4) is 0 Å². The SMILES string of the molecule is CN1CCN(CC(=O)Nc2c(Cl)cc(N/C(=C3\C(=O)Nc4cc(Cl)ccc43)c3ccccc3)cc2Cl)CC1. The van der Waals surface area contributed by atoms with Gasteiger partial charge in [0.05, 0.1) is 39.2 Å². The Labute approximate surface area is 236 Å². The highest BCUT2D eigenvalue weighted by atomic mass is 35.5. The third kappa shape index (κ3) is 5.82. The fourth-order valence-corrected chi connectivity index (χ4v) is 5.33. The fourth-order valence-electron chi connectivity index (χ4n) is 4.57. The average Bonchev–Trinajstić information content (AvgIpc) is 3.21. The molecule has 0 radical (unpaired) electrons. The third-order valence-electron chi connectivity index (χ3n) is 6.58. The number of piperazine rings is 1. The van der Waals surface area contributed by atoms with Crippen molar-refractivity contribution in [3.63, 3.8) is 0 Å². The van der Waals surface area contributed by atoms with Crippen LogP contribution in [0.2, 0.25) is 15.1 Å². The normalized spacial score (nSPS) is 17.1. The summed E-state index contributed by atoms with van der Waals surface area (Å²) in [7, 11) is 2.07. The Morgan fingerprint density at radius 3 is 2.29 bits per heavy atom. The highest BCUT2D eigenvalue weighted by Crippen LogP contribution is 2.40. The summed E-state index contributed by atoms with van der Waals surface area (Å²) in [6.07, 6.45) is 0. The second kappa shape index (κ2) is 11.4. The minimum Gasteiger partial charge on any atom is -0.354 e. The van der Waals surface area contributed by atoms with Gasteiger partial charge < -0.3 is 20.9 Å². The summed E-state index contributed by atoms with van der Waals surface area (Å²) < 4.78 is 0. The number of nitrogens with zero attached hydrogens (tertiary/aromatic N) is 2. The minimum atomic E-state index is -0.251. The maximum atomic E-state index is 13.1. The average molecular weight is 571 g/mol. The number of hydrogen-bond donors (Lipinski definition) is 3. The number of nitrogens with one attached hydrogen (secondary N) is 3. The third-order valence-corrected chi connectivity index (χ3v) is 7.41. The van der Waals surface area contributed by atoms with Crippen LogP contribution < -0.4 is 16.0 Å². The van der Waals surface area contributed by atoms with Gasteiger partial charge in [0.2, 0.25) is 5.91 Å². The Hall–Kier alpha value is -3.07. The molecule has 196 valence electrons. The van der Waals surface area contributed by atoms with E-state index in [1.165, 1.54) is 0 Å². The summed E-state index contributed by atoms with van der Waals surface area (Å²) in [4.78, 5) is 30.1. The first-order valence-corrected chi connectivity index (χ1v) is 13.3. The van der Waals surface area contributed by atoms with Crippen molar-refractivity contribution in [1.82, 2.24) is 9.80 Å². The van der Waals surface area contributed by atoms with E-state index in [0.717, 1.165) is 37.3 Å². The van der Waals surface area contributed by atoms with Crippen LogP contribution in [0.4, 0.5) is 17.1 Å². The number of rotatable bonds is 6. The van der Waals surface area contributed by atoms with Gasteiger partial charge in [0, 0.05) is 42.5 Å². The van der Waals surface area contributed by atoms with E-state index >= 15 is 0 Å². The molecule has 38 heavy (non-hydrogen) atoms. The Kier molecular flexibility index (Phi) is 7.93. The van der Waals surface area contributed by atoms with Gasteiger partial charge in [0.1, 0.15) is 0 Å². The lowest BCUT2D eigenvalue weighted by molar-refractivity contribution is -0.117. The van der Waals surface area contributed by atoms with Gasteiger partial charge in [0.15, 0.2) is 0 Å². The molecule has 0 unspecified atom stereocenters. The zero-order valence-corrected chi connectivity index (χ0v) is 22.9. The van der Waals surface area contributed by atoms with Crippen LogP contribution in [0, 0.1) is 0 Å². The number of likely N-dealkylation sites (N-methyl/N-ethyl adjacent to an activating group) is 1. The molecule has 1 saturated heterocycles. The van der Waals surface area contributed by atoms with Gasteiger partial charge in [-0.2, -0.15) is 0 Å². The van der Waals surface area contributed by atoms with Crippen molar-refractivity contribution < 1.29 is 9.59 Å². The number of fused-ring (bicyclic) bond motifs is 1. The maximum absolute atomic E-state index is 13.1. The van der Waals surface area contributed by atoms with Crippen LogP contribution in [0.5, 0.6) is 0 Å². The van der Waals surface area contributed by atoms with Crippen LogP contribution in [0.25, 0.3) is 11.3 Å². The van der Waals surface area contributed by atoms with Gasteiger partial charge in [-0.05, 0) is 36.9 Å². The molecule has 2 aliphatic heterocycles. The van der Waals surface area contributed by atoms with Crippen LogP contribution >= 0.6 is 34.8 Å². The molecule has 0 atom stereocenters. The number of carbonyl (C=O) groups is 2. The van der Waals surface area contributed by atoms with E-state index in [0.29, 0.717) is 33.4 Å². The smallest absolute Gasteiger partial charge is 0.258 e. The van der Waals surface area contributed by atoms with Gasteiger partial charge in [-0.1, -0.05) is 71.2 Å². The van der Waals surface area contributed by atoms with Crippen molar-refractivity contribution in [3.05, 3.63) is 86.9 Å². The zero-order chi connectivity index (χ0) is 26.8. The van der Waals surface area contributed by atoms with Crippen LogP contribution in [0.15, 0.2) is 60.7 Å². The lowest BCUT2D eigenvalue weighted by Crippen LogP contribution is -2.47. The lowest BCUT2D eigenvalue weighted by Gasteiger charge is -2.31. The first kappa shape index (κ1) is 26.5. The zero-order valence-electron chi connectivity index (χ0n) is 20.7. The number of halogens is 3. The van der Waals surface area contributed by atoms with Gasteiger partial charge in [-0.3, -0.25) is 14.5 Å². The van der Waals surface area contributed by atoms with Crippen molar-refractivity contribution in [2.24, 2.45) is 0 Å². The molecule has 3 aromatic carbocycles. The molecule has 0 aliphatic carbocycles. The van der Waals surface area contributed by atoms with E-state index in [2.05, 4.69) is 32.8 Å². The molecular formula is C28H26Cl3N5O2. The summed E-state index contributed by atoms with van der Waals surface area (Å²) in [5.41, 5.74) is 4.15. The van der Waals surface area contributed by atoms with Crippen LogP contribution in [0.1, 0.15) is 11.1 Å². The molecule has 1 fully saturated rings. The largest absolute Gasteiger partial charge is 0.354 e. The van der Waals surface area contributed by atoms with Crippen LogP contribution in [-0.2, 0) is 9.59 Å². The monoisotopic (exact) mass is 569 g/mol. The topological polar surface area (TPSA) is 76.7 Å². The first-order valence-electron chi connectivity index (χ1n) is 12.2. The Morgan fingerprint density at radius 1 is 0.921 bits per heavy atom. The summed E-state index contributed by atoms with van der Waals surface area (Å²) in [5, 5.41) is 10.2. The summed E-state index contributed by atoms with van der Waals surface area (Å²) in [5.74, 6) is -0.428. The number of hydrogen-bond acceptors (Lipinski definition) is 5. The predicted molar refractivity (Wildman–Crippen MR) is 156 cm³/mol. The quantitative estimate of drug-likeness (QED) is 0.328. The molecule has 7 nitrogen and oxygen atoms in total. The molecule has 2 aliphatic rings. The van der Waals surface area contributed by atoms with Crippen molar-refractivity contribution in [3.8, 4) is 0 Å². The summed E-state index contributed by atoms with van der Waals surface area (Å²) in [6, 6.07) is 18.2. The van der Waals surface area contributed by atoms with Crippen LogP contribution in [-0.4, -0.2) is 61.4 Å². The highest BCUT2D eigenvalue weighted by molar-refractivity contribution is 6.41. The molecule has 2 heterocycles. The Balaban J connectivity index is 1.43. The summed E-state index contributed by atoms with van der Waals surface area (Å²) in [6.45, 7) is 3.76. The second-order valence-corrected chi connectivity index (χ2v) is 10.6. The van der Waals surface area contributed by atoms with Crippen molar-refractivity contribution >= 4 is 74.9 Å². The van der Waals surface area contributed by atoms with E-state index in [4.69, 9.17) is 34.8 Å². The minimum absolute atomic E-state index is 0.177. The van der Waals surface area contributed by atoms with Crippen molar-refractivity contribution in [2.75, 3.05) is 55.7 Å². The van der Waals surface area contributed by atoms with Crippen molar-refractivity contribution in [1.29, 1.82) is 0 Å². The molecule has 0 bridgehead atoms. The molecular weight excluding hydrogens is 545 g/mol. The second-order valence-electron chi connectivity index (χ2n) is 9.33. The van der Waals surface area contributed by atoms with E-state index in [1.54, 1.807) is 24.3 Å². The lowest BCUT2D eigenvalue weighted by atomic mass is 10.00. The molecule has 0 aromatic heterocycles. The van der Waals surface area contributed by atoms with Gasteiger partial charge >= 0.3 is 0 Å². The molecule has 0 saturated carbocycles. The van der Waals surface area contributed by atoms with E-state index < -0.39 is 0 Å².